The number of hydrogen-bond acceptors (Lipinski definition) is 5. The number of nitrogens with zero attached hydrogens (tertiary/aromatic N) is 3. The summed E-state index contributed by atoms with van der Waals surface area (Å²) in [5.74, 6) is 1.63. The van der Waals surface area contributed by atoms with Crippen LogP contribution < -0.4 is 10.2 Å². The quantitative estimate of drug-likeness (QED) is 0.790. The van der Waals surface area contributed by atoms with E-state index < -0.39 is 0 Å². The molecule has 5 nitrogen and oxygen atoms in total. The lowest BCUT2D eigenvalue weighted by atomic mass is 9.99. The fourth-order valence-electron chi connectivity index (χ4n) is 1.82. The lowest BCUT2D eigenvalue weighted by molar-refractivity contribution is 0.321. The zero-order chi connectivity index (χ0) is 12.8. The van der Waals surface area contributed by atoms with Crippen molar-refractivity contribution in [1.82, 2.24) is 15.5 Å². The van der Waals surface area contributed by atoms with E-state index >= 15 is 0 Å². The first-order valence-corrected chi connectivity index (χ1v) is 6.42. The largest absolute Gasteiger partial charge is 0.342 e. The molecule has 0 saturated heterocycles. The SMILES string of the molecule is CCNC(CC)C(C)c1nc(N(C)CC)no1. The summed E-state index contributed by atoms with van der Waals surface area (Å²) in [6.45, 7) is 10.3. The van der Waals surface area contributed by atoms with Gasteiger partial charge in [0.05, 0.1) is 5.92 Å². The van der Waals surface area contributed by atoms with Crippen molar-refractivity contribution in [3.63, 3.8) is 0 Å². The molecule has 1 rings (SSSR count). The highest BCUT2D eigenvalue weighted by molar-refractivity contribution is 5.25. The van der Waals surface area contributed by atoms with E-state index in [1.807, 2.05) is 11.9 Å². The highest BCUT2D eigenvalue weighted by Crippen LogP contribution is 2.21. The second-order valence-electron chi connectivity index (χ2n) is 4.31. The van der Waals surface area contributed by atoms with E-state index in [9.17, 15) is 0 Å². The second kappa shape index (κ2) is 6.59. The molecule has 1 aromatic rings. The van der Waals surface area contributed by atoms with Crippen LogP contribution in [0.15, 0.2) is 4.52 Å². The summed E-state index contributed by atoms with van der Waals surface area (Å²) >= 11 is 0. The van der Waals surface area contributed by atoms with E-state index in [1.54, 1.807) is 0 Å². The average Bonchev–Trinajstić information content (AvgIpc) is 2.83. The molecule has 2 unspecified atom stereocenters. The molecule has 0 aliphatic heterocycles. The molecule has 0 aromatic carbocycles. The zero-order valence-corrected chi connectivity index (χ0v) is 11.5. The van der Waals surface area contributed by atoms with Gasteiger partial charge in [-0.2, -0.15) is 4.98 Å². The predicted octanol–water partition coefficient (Wildman–Crippen LogP) is 2.02. The summed E-state index contributed by atoms with van der Waals surface area (Å²) in [4.78, 5) is 6.41. The summed E-state index contributed by atoms with van der Waals surface area (Å²) in [5, 5.41) is 7.44. The standard InChI is InChI=1S/C12H24N4O/c1-6-10(13-7-2)9(4)11-14-12(15-17-11)16(5)8-3/h9-10,13H,6-8H2,1-5H3. The van der Waals surface area contributed by atoms with E-state index in [4.69, 9.17) is 4.52 Å². The molecular weight excluding hydrogens is 216 g/mol. The number of rotatable bonds is 7. The summed E-state index contributed by atoms with van der Waals surface area (Å²) in [6.07, 6.45) is 1.05. The Kier molecular flexibility index (Phi) is 5.41. The predicted molar refractivity (Wildman–Crippen MR) is 69.4 cm³/mol. The molecule has 17 heavy (non-hydrogen) atoms. The van der Waals surface area contributed by atoms with Gasteiger partial charge in [-0.15, -0.1) is 0 Å². The Balaban J connectivity index is 2.74. The first kappa shape index (κ1) is 14.0. The van der Waals surface area contributed by atoms with Crippen LogP contribution in [0.2, 0.25) is 0 Å². The Labute approximate surface area is 104 Å². The van der Waals surface area contributed by atoms with Crippen LogP contribution in [0.4, 0.5) is 5.95 Å². The van der Waals surface area contributed by atoms with Gasteiger partial charge in [-0.25, -0.2) is 0 Å². The minimum Gasteiger partial charge on any atom is -0.342 e. The van der Waals surface area contributed by atoms with Crippen LogP contribution in [0, 0.1) is 0 Å². The molecule has 98 valence electrons. The second-order valence-corrected chi connectivity index (χ2v) is 4.31. The van der Waals surface area contributed by atoms with Gasteiger partial charge in [-0.1, -0.05) is 20.8 Å². The molecule has 0 aliphatic rings. The average molecular weight is 240 g/mol. The molecule has 0 bridgehead atoms. The topological polar surface area (TPSA) is 54.2 Å². The summed E-state index contributed by atoms with van der Waals surface area (Å²) < 4.78 is 5.34. The van der Waals surface area contributed by atoms with E-state index in [2.05, 4.69) is 43.2 Å². The lowest BCUT2D eigenvalue weighted by Gasteiger charge is -2.20. The maximum absolute atomic E-state index is 5.34. The van der Waals surface area contributed by atoms with Crippen molar-refractivity contribution >= 4 is 5.95 Å². The molecule has 0 aliphatic carbocycles. The van der Waals surface area contributed by atoms with Crippen LogP contribution >= 0.6 is 0 Å². The Bertz CT molecular complexity index is 326. The summed E-state index contributed by atoms with van der Waals surface area (Å²) in [7, 11) is 1.96. The van der Waals surface area contributed by atoms with E-state index in [0.29, 0.717) is 17.9 Å². The van der Waals surface area contributed by atoms with Gasteiger partial charge in [0.2, 0.25) is 5.89 Å². The third-order valence-electron chi connectivity index (χ3n) is 3.15. The van der Waals surface area contributed by atoms with Gasteiger partial charge in [0, 0.05) is 19.6 Å². The van der Waals surface area contributed by atoms with Crippen LogP contribution in [-0.4, -0.2) is 36.3 Å². The van der Waals surface area contributed by atoms with Gasteiger partial charge in [-0.3, -0.25) is 0 Å². The maximum atomic E-state index is 5.34. The van der Waals surface area contributed by atoms with Crippen LogP contribution in [0.1, 0.15) is 45.9 Å². The van der Waals surface area contributed by atoms with Crippen molar-refractivity contribution in [2.45, 2.75) is 46.1 Å². The Morgan fingerprint density at radius 2 is 2.06 bits per heavy atom. The molecular formula is C12H24N4O. The fraction of sp³-hybridized carbons (Fsp3) is 0.833. The molecule has 1 heterocycles. The van der Waals surface area contributed by atoms with Gasteiger partial charge in [0.25, 0.3) is 5.95 Å². The van der Waals surface area contributed by atoms with Crippen LogP contribution in [0.3, 0.4) is 0 Å². The molecule has 0 fully saturated rings. The summed E-state index contributed by atoms with van der Waals surface area (Å²) in [6, 6.07) is 0.389. The van der Waals surface area contributed by atoms with Gasteiger partial charge in [0.1, 0.15) is 0 Å². The molecule has 5 heteroatoms. The Morgan fingerprint density at radius 3 is 2.59 bits per heavy atom. The first-order valence-electron chi connectivity index (χ1n) is 6.42. The van der Waals surface area contributed by atoms with Crippen molar-refractivity contribution in [2.75, 3.05) is 25.0 Å². The third kappa shape index (κ3) is 3.43. The molecule has 0 spiro atoms. The van der Waals surface area contributed by atoms with Crippen molar-refractivity contribution < 1.29 is 4.52 Å². The molecule has 1 N–H and O–H groups in total. The molecule has 0 amide bonds. The highest BCUT2D eigenvalue weighted by atomic mass is 16.5. The lowest BCUT2D eigenvalue weighted by Crippen LogP contribution is -2.33. The maximum Gasteiger partial charge on any atom is 0.265 e. The van der Waals surface area contributed by atoms with Crippen LogP contribution in [0.5, 0.6) is 0 Å². The van der Waals surface area contributed by atoms with Crippen molar-refractivity contribution in [1.29, 1.82) is 0 Å². The smallest absolute Gasteiger partial charge is 0.265 e. The number of anilines is 1. The van der Waals surface area contributed by atoms with Crippen molar-refractivity contribution in [3.05, 3.63) is 5.89 Å². The molecule has 0 saturated carbocycles. The van der Waals surface area contributed by atoms with E-state index in [-0.39, 0.29) is 5.92 Å². The minimum absolute atomic E-state index is 0.242. The number of nitrogens with one attached hydrogen (secondary N) is 1. The minimum atomic E-state index is 0.242. The third-order valence-corrected chi connectivity index (χ3v) is 3.15. The van der Waals surface area contributed by atoms with E-state index in [0.717, 1.165) is 19.5 Å². The molecule has 2 atom stereocenters. The van der Waals surface area contributed by atoms with Gasteiger partial charge in [0.15, 0.2) is 0 Å². The van der Waals surface area contributed by atoms with Crippen LogP contribution in [0.25, 0.3) is 0 Å². The van der Waals surface area contributed by atoms with Gasteiger partial charge < -0.3 is 14.7 Å². The Morgan fingerprint density at radius 1 is 1.35 bits per heavy atom. The van der Waals surface area contributed by atoms with Crippen LogP contribution in [-0.2, 0) is 0 Å². The number of hydrogen-bond donors (Lipinski definition) is 1. The Hall–Kier alpha value is -1.10. The van der Waals surface area contributed by atoms with Gasteiger partial charge >= 0.3 is 0 Å². The zero-order valence-electron chi connectivity index (χ0n) is 11.5. The highest BCUT2D eigenvalue weighted by Gasteiger charge is 2.22. The van der Waals surface area contributed by atoms with Gasteiger partial charge in [-0.05, 0) is 25.0 Å². The monoisotopic (exact) mass is 240 g/mol. The number of aromatic nitrogens is 2. The van der Waals surface area contributed by atoms with E-state index in [1.165, 1.54) is 0 Å². The number of likely N-dealkylation sites (N-methyl/N-ethyl adjacent to an activating group) is 1. The normalized spacial score (nSPS) is 14.6. The summed E-state index contributed by atoms with van der Waals surface area (Å²) in [5.41, 5.74) is 0. The molecule has 1 aromatic heterocycles. The fourth-order valence-corrected chi connectivity index (χ4v) is 1.82. The molecule has 0 radical (unpaired) electrons. The van der Waals surface area contributed by atoms with Crippen molar-refractivity contribution in [3.8, 4) is 0 Å². The van der Waals surface area contributed by atoms with Crippen molar-refractivity contribution in [2.24, 2.45) is 0 Å². The first-order chi connectivity index (χ1) is 8.13.